The minimum atomic E-state index is -2.68. The van der Waals surface area contributed by atoms with Gasteiger partial charge in [0.2, 0.25) is 0 Å². The van der Waals surface area contributed by atoms with E-state index in [0.29, 0.717) is 5.78 Å². The summed E-state index contributed by atoms with van der Waals surface area (Å²) < 4.78 is 10.8. The van der Waals surface area contributed by atoms with Crippen LogP contribution in [0.4, 0.5) is 0 Å². The van der Waals surface area contributed by atoms with Crippen molar-refractivity contribution in [3.63, 3.8) is 0 Å². The topological polar surface area (TPSA) is 26.3 Å². The van der Waals surface area contributed by atoms with Crippen LogP contribution in [0.2, 0.25) is 13.3 Å². The summed E-state index contributed by atoms with van der Waals surface area (Å²) in [6.45, 7) is 11.2. The van der Waals surface area contributed by atoms with Crippen LogP contribution < -0.4 is 0 Å². The van der Waals surface area contributed by atoms with Gasteiger partial charge in [-0.05, 0) is 0 Å². The van der Waals surface area contributed by atoms with E-state index in [9.17, 15) is 4.79 Å². The molecule has 2 heterocycles. The third-order valence-electron chi connectivity index (χ3n) is 6.73. The second-order valence-corrected chi connectivity index (χ2v) is 22.1. The second-order valence-electron chi connectivity index (χ2n) is 8.24. The van der Waals surface area contributed by atoms with E-state index in [1.165, 1.54) is 51.8 Å². The van der Waals surface area contributed by atoms with Crippen molar-refractivity contribution >= 4 is 24.2 Å². The summed E-state index contributed by atoms with van der Waals surface area (Å²) in [5.74, 6) is 0.574. The molecule has 24 heavy (non-hydrogen) atoms. The number of Topliss-reactive ketones (excluding diaryl/α,β-unsaturated/α-hetero) is 1. The molecule has 2 nitrogen and oxygen atoms in total. The summed E-state index contributed by atoms with van der Waals surface area (Å²) >= 11 is -2.68. The summed E-state index contributed by atoms with van der Waals surface area (Å²) in [6.07, 6.45) is 12.5. The summed E-state index contributed by atoms with van der Waals surface area (Å²) in [6, 6.07) is 0. The van der Waals surface area contributed by atoms with Crippen molar-refractivity contribution in [3.05, 3.63) is 12.2 Å². The van der Waals surface area contributed by atoms with E-state index in [2.05, 4.69) is 46.8 Å². The number of unbranched alkanes of at least 4 members (excludes halogenated alkanes) is 3. The van der Waals surface area contributed by atoms with E-state index in [1.807, 2.05) is 0 Å². The van der Waals surface area contributed by atoms with E-state index < -0.39 is 18.4 Å². The van der Waals surface area contributed by atoms with Crippen LogP contribution in [0, 0.1) is 11.8 Å². The maximum absolute atomic E-state index is 13.0. The molecule has 2 aliphatic heterocycles. The molecular formula is C21H38O2Sn. The van der Waals surface area contributed by atoms with E-state index in [4.69, 9.17) is 4.74 Å². The summed E-state index contributed by atoms with van der Waals surface area (Å²) in [5, 5.41) is 0. The van der Waals surface area contributed by atoms with Crippen molar-refractivity contribution in [1.29, 1.82) is 0 Å². The molecule has 0 N–H and O–H groups in total. The minimum absolute atomic E-state index is 0.0411. The monoisotopic (exact) mass is 442 g/mol. The van der Waals surface area contributed by atoms with Gasteiger partial charge in [0.25, 0.3) is 0 Å². The van der Waals surface area contributed by atoms with Crippen molar-refractivity contribution in [3.8, 4) is 0 Å². The standard InChI is InChI=1S/C9H11O2.3C4H9.Sn/c1-5-7-3-4-8(11-7)6(2)9(5)10;3*1-3-4-2;/h3-7H,1-2H3;3*1,3-4H2,2H3;/t5-,6+,7+;;;;/m0..../s1. The van der Waals surface area contributed by atoms with Gasteiger partial charge in [0.05, 0.1) is 0 Å². The van der Waals surface area contributed by atoms with Crippen molar-refractivity contribution in [1.82, 2.24) is 0 Å². The van der Waals surface area contributed by atoms with Crippen LogP contribution in [0.25, 0.3) is 0 Å². The molecule has 1 fully saturated rings. The molecule has 4 atom stereocenters. The van der Waals surface area contributed by atoms with E-state index in [0.717, 1.165) is 0 Å². The van der Waals surface area contributed by atoms with Gasteiger partial charge < -0.3 is 0 Å². The molecule has 0 saturated carbocycles. The van der Waals surface area contributed by atoms with Gasteiger partial charge in [0.1, 0.15) is 0 Å². The zero-order valence-corrected chi connectivity index (χ0v) is 19.4. The predicted octanol–water partition coefficient (Wildman–Crippen LogP) is 5.92. The Labute approximate surface area is 153 Å². The number of ketones is 1. The maximum atomic E-state index is 13.0. The van der Waals surface area contributed by atoms with Crippen LogP contribution in [0.1, 0.15) is 73.1 Å². The first-order valence-electron chi connectivity index (χ1n) is 10.4. The first-order chi connectivity index (χ1) is 11.5. The number of carbonyl (C=O) groups excluding carboxylic acids is 1. The molecule has 138 valence electrons. The molecule has 2 rings (SSSR count). The van der Waals surface area contributed by atoms with Crippen molar-refractivity contribution in [2.75, 3.05) is 0 Å². The Morgan fingerprint density at radius 1 is 1.00 bits per heavy atom. The normalized spacial score (nSPS) is 32.5. The van der Waals surface area contributed by atoms with Gasteiger partial charge in [-0.1, -0.05) is 0 Å². The molecule has 0 amide bonds. The molecule has 0 spiro atoms. The molecule has 1 saturated heterocycles. The number of hydrogen-bond acceptors (Lipinski definition) is 2. The number of ether oxygens (including phenoxy) is 1. The van der Waals surface area contributed by atoms with E-state index >= 15 is 0 Å². The Kier molecular flexibility index (Phi) is 7.43. The van der Waals surface area contributed by atoms with Crippen molar-refractivity contribution in [2.45, 2.75) is 96.2 Å². The molecular weight excluding hydrogens is 403 g/mol. The van der Waals surface area contributed by atoms with Gasteiger partial charge in [0, 0.05) is 0 Å². The Balaban J connectivity index is 2.43. The molecule has 0 aliphatic carbocycles. The average molecular weight is 441 g/mol. The molecule has 0 aromatic carbocycles. The fourth-order valence-corrected chi connectivity index (χ4v) is 24.8. The molecule has 0 radical (unpaired) electrons. The molecule has 2 bridgehead atoms. The van der Waals surface area contributed by atoms with E-state index in [-0.39, 0.29) is 21.6 Å². The average Bonchev–Trinajstić information content (AvgIpc) is 3.02. The Bertz CT molecular complexity index is 437. The number of hydrogen-bond donors (Lipinski definition) is 0. The Morgan fingerprint density at radius 3 is 1.96 bits per heavy atom. The van der Waals surface area contributed by atoms with Gasteiger partial charge in [-0.3, -0.25) is 0 Å². The van der Waals surface area contributed by atoms with Gasteiger partial charge in [-0.15, -0.1) is 0 Å². The number of rotatable bonds is 10. The predicted molar refractivity (Wildman–Crippen MR) is 105 cm³/mol. The van der Waals surface area contributed by atoms with Crippen molar-refractivity contribution in [2.24, 2.45) is 11.8 Å². The molecule has 0 aromatic heterocycles. The summed E-state index contributed by atoms with van der Waals surface area (Å²) in [4.78, 5) is 13.0. The quantitative estimate of drug-likeness (QED) is 0.311. The van der Waals surface area contributed by atoms with Crippen LogP contribution in [0.5, 0.6) is 0 Å². The van der Waals surface area contributed by atoms with E-state index in [1.54, 1.807) is 0 Å². The zero-order chi connectivity index (χ0) is 17.8. The Morgan fingerprint density at radius 2 is 1.50 bits per heavy atom. The molecule has 2 aliphatic rings. The SMILES string of the molecule is CCC[CH2][Sn]([CH2]CCC)([CH2]CCC)[C@]12C=C[C@@H](O1)[C@H](C)C(=O)[C@@H]2C. The summed E-state index contributed by atoms with van der Waals surface area (Å²) in [5.41, 5.74) is 0. The van der Waals surface area contributed by atoms with Gasteiger partial charge in [0.15, 0.2) is 0 Å². The third kappa shape index (κ3) is 3.51. The van der Waals surface area contributed by atoms with Crippen LogP contribution in [-0.2, 0) is 9.53 Å². The third-order valence-corrected chi connectivity index (χ3v) is 24.7. The van der Waals surface area contributed by atoms with Crippen LogP contribution in [0.3, 0.4) is 0 Å². The molecule has 0 aromatic rings. The second kappa shape index (κ2) is 8.70. The molecule has 3 heteroatoms. The van der Waals surface area contributed by atoms with Crippen molar-refractivity contribution < 1.29 is 9.53 Å². The van der Waals surface area contributed by atoms with Crippen LogP contribution >= 0.6 is 0 Å². The summed E-state index contributed by atoms with van der Waals surface area (Å²) in [7, 11) is 0. The number of carbonyl (C=O) groups is 1. The van der Waals surface area contributed by atoms with Crippen LogP contribution in [-0.4, -0.2) is 33.9 Å². The Hall–Kier alpha value is 0.169. The fraction of sp³-hybridized carbons (Fsp3) is 0.857. The van der Waals surface area contributed by atoms with Gasteiger partial charge in [-0.2, -0.15) is 0 Å². The fourth-order valence-electron chi connectivity index (χ4n) is 5.09. The first-order valence-corrected chi connectivity index (χ1v) is 17.9. The zero-order valence-electron chi connectivity index (χ0n) is 16.6. The van der Waals surface area contributed by atoms with Gasteiger partial charge >= 0.3 is 154 Å². The number of fused-ring (bicyclic) bond motifs is 2. The van der Waals surface area contributed by atoms with Gasteiger partial charge in [-0.25, -0.2) is 0 Å². The molecule has 0 unspecified atom stereocenters. The van der Waals surface area contributed by atoms with Crippen LogP contribution in [0.15, 0.2) is 12.2 Å². The first kappa shape index (κ1) is 20.5.